The molecule has 0 saturated carbocycles. The van der Waals surface area contributed by atoms with Crippen LogP contribution in [0.4, 0.5) is 0 Å². The lowest BCUT2D eigenvalue weighted by Crippen LogP contribution is -2.31. The van der Waals surface area contributed by atoms with Crippen LogP contribution in [0, 0.1) is 0 Å². The van der Waals surface area contributed by atoms with Crippen LogP contribution in [0.2, 0.25) is 0 Å². The zero-order valence-corrected chi connectivity index (χ0v) is 6.25. The molecule has 60 valence electrons. The molecule has 0 saturated heterocycles. The normalized spacial score (nSPS) is 26.4. The van der Waals surface area contributed by atoms with Crippen molar-refractivity contribution in [3.63, 3.8) is 0 Å². The van der Waals surface area contributed by atoms with Gasteiger partial charge >= 0.3 is 0 Å². The van der Waals surface area contributed by atoms with E-state index in [-0.39, 0.29) is 0 Å². The van der Waals surface area contributed by atoms with Gasteiger partial charge < -0.3 is 0 Å². The average molecular weight is 161 g/mol. The summed E-state index contributed by atoms with van der Waals surface area (Å²) in [5, 5.41) is 7.51. The van der Waals surface area contributed by atoms with Gasteiger partial charge in [0.1, 0.15) is 6.33 Å². The fourth-order valence-electron chi connectivity index (χ4n) is 0.973. The smallest absolute Gasteiger partial charge is 0.192 e. The Morgan fingerprint density at radius 1 is 1.42 bits per heavy atom. The van der Waals surface area contributed by atoms with E-state index in [9.17, 15) is 0 Å². The van der Waals surface area contributed by atoms with Gasteiger partial charge in [0.2, 0.25) is 0 Å². The first-order valence-corrected chi connectivity index (χ1v) is 3.46. The van der Waals surface area contributed by atoms with Gasteiger partial charge in [0, 0.05) is 12.4 Å². The Morgan fingerprint density at radius 3 is 2.92 bits per heavy atom. The van der Waals surface area contributed by atoms with Gasteiger partial charge in [0.05, 0.1) is 5.69 Å². The van der Waals surface area contributed by atoms with Crippen LogP contribution in [-0.4, -0.2) is 9.97 Å². The van der Waals surface area contributed by atoms with Crippen LogP contribution < -0.4 is 5.73 Å². The van der Waals surface area contributed by atoms with Crippen LogP contribution in [-0.2, 0) is 5.66 Å². The van der Waals surface area contributed by atoms with Gasteiger partial charge in [0.25, 0.3) is 0 Å². The molecule has 0 fully saturated rings. The maximum absolute atomic E-state index is 5.84. The van der Waals surface area contributed by atoms with Crippen LogP contribution >= 0.6 is 0 Å². The Kier molecular flexibility index (Phi) is 1.44. The second-order valence-corrected chi connectivity index (χ2v) is 2.45. The first-order valence-electron chi connectivity index (χ1n) is 3.46. The molecule has 0 aromatic carbocycles. The molecular weight excluding hydrogens is 154 g/mol. The van der Waals surface area contributed by atoms with Crippen molar-refractivity contribution in [3.05, 3.63) is 36.6 Å². The summed E-state index contributed by atoms with van der Waals surface area (Å²) in [5.41, 5.74) is 5.61. The molecule has 2 rings (SSSR count). The molecule has 1 unspecified atom stereocenters. The third-order valence-corrected chi connectivity index (χ3v) is 1.61. The lowest BCUT2D eigenvalue weighted by Gasteiger charge is -2.14. The second kappa shape index (κ2) is 2.46. The second-order valence-electron chi connectivity index (χ2n) is 2.45. The van der Waals surface area contributed by atoms with Crippen molar-refractivity contribution in [1.82, 2.24) is 9.97 Å². The topological polar surface area (TPSA) is 76.5 Å². The number of rotatable bonds is 1. The number of azo groups is 1. The molecule has 12 heavy (non-hydrogen) atoms. The lowest BCUT2D eigenvalue weighted by molar-refractivity contribution is 0.563. The molecule has 0 amide bonds. The van der Waals surface area contributed by atoms with Crippen molar-refractivity contribution in [1.29, 1.82) is 0 Å². The summed E-state index contributed by atoms with van der Waals surface area (Å²) in [4.78, 5) is 7.78. The van der Waals surface area contributed by atoms with Crippen molar-refractivity contribution < 1.29 is 0 Å². The zero-order valence-electron chi connectivity index (χ0n) is 6.25. The highest BCUT2D eigenvalue weighted by molar-refractivity contribution is 5.21. The maximum atomic E-state index is 5.84. The Bertz CT molecular complexity index is 317. The molecular formula is C7H7N5. The van der Waals surface area contributed by atoms with E-state index in [1.807, 2.05) is 0 Å². The minimum atomic E-state index is -0.886. The van der Waals surface area contributed by atoms with Crippen LogP contribution in [0.3, 0.4) is 0 Å². The van der Waals surface area contributed by atoms with Crippen LogP contribution in [0.1, 0.15) is 5.69 Å². The maximum Gasteiger partial charge on any atom is 0.192 e. The molecule has 1 aliphatic rings. The molecule has 0 aliphatic carbocycles. The first kappa shape index (κ1) is 7.05. The summed E-state index contributed by atoms with van der Waals surface area (Å²) >= 11 is 0. The van der Waals surface area contributed by atoms with E-state index in [0.29, 0.717) is 5.69 Å². The molecule has 0 radical (unpaired) electrons. The molecule has 2 heterocycles. The number of nitrogens with zero attached hydrogens (tertiary/aromatic N) is 4. The van der Waals surface area contributed by atoms with E-state index >= 15 is 0 Å². The zero-order chi connectivity index (χ0) is 8.44. The summed E-state index contributed by atoms with van der Waals surface area (Å²) < 4.78 is 0. The number of hydrogen-bond donors (Lipinski definition) is 1. The largest absolute Gasteiger partial charge is 0.297 e. The fraction of sp³-hybridized carbons (Fsp3) is 0.143. The molecule has 2 N–H and O–H groups in total. The van der Waals surface area contributed by atoms with Crippen LogP contribution in [0.15, 0.2) is 41.1 Å². The molecule has 1 aliphatic heterocycles. The van der Waals surface area contributed by atoms with Gasteiger partial charge in [-0.25, -0.2) is 9.97 Å². The lowest BCUT2D eigenvalue weighted by atomic mass is 10.1. The predicted octanol–water partition coefficient (Wildman–Crippen LogP) is 0.568. The fourth-order valence-corrected chi connectivity index (χ4v) is 0.973. The summed E-state index contributed by atoms with van der Waals surface area (Å²) in [6.45, 7) is 0. The van der Waals surface area contributed by atoms with Gasteiger partial charge in [-0.05, 0) is 12.1 Å². The van der Waals surface area contributed by atoms with E-state index < -0.39 is 5.66 Å². The Labute approximate surface area is 69.1 Å². The molecule has 1 atom stereocenters. The molecule has 1 aromatic heterocycles. The number of nitrogens with two attached hydrogens (primary N) is 1. The Morgan fingerprint density at radius 2 is 2.33 bits per heavy atom. The standard InChI is InChI=1S/C7H7N5/c8-7(2-4-11-12-7)6-1-3-9-5-10-6/h1-5H,8H2. The third-order valence-electron chi connectivity index (χ3n) is 1.61. The molecule has 5 nitrogen and oxygen atoms in total. The highest BCUT2D eigenvalue weighted by Gasteiger charge is 2.27. The molecule has 0 spiro atoms. The van der Waals surface area contributed by atoms with E-state index in [1.165, 1.54) is 6.33 Å². The van der Waals surface area contributed by atoms with E-state index in [2.05, 4.69) is 20.2 Å². The van der Waals surface area contributed by atoms with Crippen LogP contribution in [0.5, 0.6) is 0 Å². The van der Waals surface area contributed by atoms with Gasteiger partial charge in [-0.1, -0.05) is 0 Å². The molecule has 5 heteroatoms. The highest BCUT2D eigenvalue weighted by Crippen LogP contribution is 2.22. The SMILES string of the molecule is NC1(c2ccncn2)C=CN=N1. The van der Waals surface area contributed by atoms with Crippen molar-refractivity contribution in [2.24, 2.45) is 16.0 Å². The quantitative estimate of drug-likeness (QED) is 0.654. The van der Waals surface area contributed by atoms with Gasteiger partial charge in [-0.15, -0.1) is 0 Å². The molecule has 0 bridgehead atoms. The van der Waals surface area contributed by atoms with Crippen molar-refractivity contribution in [3.8, 4) is 0 Å². The number of aromatic nitrogens is 2. The predicted molar refractivity (Wildman–Crippen MR) is 41.9 cm³/mol. The van der Waals surface area contributed by atoms with Crippen LogP contribution in [0.25, 0.3) is 0 Å². The summed E-state index contributed by atoms with van der Waals surface area (Å²) in [6.07, 6.45) is 6.31. The summed E-state index contributed by atoms with van der Waals surface area (Å²) in [5.74, 6) is 0. The Hall–Kier alpha value is -1.62. The van der Waals surface area contributed by atoms with E-state index in [4.69, 9.17) is 5.73 Å². The van der Waals surface area contributed by atoms with Crippen molar-refractivity contribution in [2.45, 2.75) is 5.66 Å². The summed E-state index contributed by atoms with van der Waals surface area (Å²) in [7, 11) is 0. The van der Waals surface area contributed by atoms with Crippen molar-refractivity contribution >= 4 is 0 Å². The van der Waals surface area contributed by atoms with Gasteiger partial charge in [-0.3, -0.25) is 5.73 Å². The van der Waals surface area contributed by atoms with Gasteiger partial charge in [0.15, 0.2) is 5.66 Å². The molecule has 1 aromatic rings. The average Bonchev–Trinajstić information content (AvgIpc) is 2.55. The minimum Gasteiger partial charge on any atom is -0.297 e. The van der Waals surface area contributed by atoms with E-state index in [1.54, 1.807) is 24.5 Å². The third kappa shape index (κ3) is 0.998. The monoisotopic (exact) mass is 161 g/mol. The summed E-state index contributed by atoms with van der Waals surface area (Å²) in [6, 6.07) is 1.72. The number of hydrogen-bond acceptors (Lipinski definition) is 5. The minimum absolute atomic E-state index is 0.648. The Balaban J connectivity index is 2.43. The first-order chi connectivity index (χ1) is 5.81. The van der Waals surface area contributed by atoms with Crippen molar-refractivity contribution in [2.75, 3.05) is 0 Å². The van der Waals surface area contributed by atoms with E-state index in [0.717, 1.165) is 0 Å². The van der Waals surface area contributed by atoms with Gasteiger partial charge in [-0.2, -0.15) is 10.2 Å². The highest BCUT2D eigenvalue weighted by atomic mass is 15.2.